The number of amides is 1. The minimum atomic E-state index is -1.11. The van der Waals surface area contributed by atoms with Gasteiger partial charge in [-0.3, -0.25) is 4.79 Å². The van der Waals surface area contributed by atoms with Crippen LogP contribution < -0.4 is 10.1 Å². The van der Waals surface area contributed by atoms with Gasteiger partial charge in [-0.15, -0.1) is 0 Å². The molecule has 26 heavy (non-hydrogen) atoms. The number of nitriles is 1. The predicted molar refractivity (Wildman–Crippen MR) is 87.6 cm³/mol. The molecule has 0 aliphatic heterocycles. The van der Waals surface area contributed by atoms with Crippen molar-refractivity contribution in [2.75, 3.05) is 12.4 Å². The molecular weight excluding hydrogens is 346 g/mol. The van der Waals surface area contributed by atoms with Crippen molar-refractivity contribution in [3.63, 3.8) is 0 Å². The van der Waals surface area contributed by atoms with Crippen molar-refractivity contribution >= 4 is 17.6 Å². The molecule has 0 aliphatic rings. The van der Waals surface area contributed by atoms with Gasteiger partial charge in [-0.05, 0) is 25.1 Å². The third-order valence-electron chi connectivity index (χ3n) is 3.40. The normalized spacial score (nSPS) is 11.2. The van der Waals surface area contributed by atoms with Crippen molar-refractivity contribution in [2.24, 2.45) is 0 Å². The number of benzene rings is 2. The third kappa shape index (κ3) is 4.13. The van der Waals surface area contributed by atoms with Crippen LogP contribution in [0.2, 0.25) is 0 Å². The lowest BCUT2D eigenvalue weighted by atomic mass is 10.1. The monoisotopic (exact) mass is 360 g/mol. The molecule has 1 atom stereocenters. The number of carbonyl (C=O) groups is 2. The molecule has 134 valence electrons. The first-order valence-electron chi connectivity index (χ1n) is 7.41. The number of nitrogens with one attached hydrogen (secondary N) is 1. The molecule has 8 heteroatoms. The van der Waals surface area contributed by atoms with Crippen molar-refractivity contribution in [3.05, 3.63) is 59.2 Å². The number of methoxy groups -OCH3 is 1. The largest absolute Gasteiger partial charge is 0.480 e. The van der Waals surface area contributed by atoms with Crippen molar-refractivity contribution in [3.8, 4) is 11.8 Å². The fourth-order valence-electron chi connectivity index (χ4n) is 2.05. The maximum Gasteiger partial charge on any atom is 0.340 e. The highest BCUT2D eigenvalue weighted by Gasteiger charge is 2.21. The lowest BCUT2D eigenvalue weighted by molar-refractivity contribution is -0.122. The number of hydrogen-bond acceptors (Lipinski definition) is 5. The molecule has 0 aliphatic carbocycles. The molecule has 0 spiro atoms. The van der Waals surface area contributed by atoms with E-state index in [1.165, 1.54) is 19.1 Å². The van der Waals surface area contributed by atoms with Crippen LogP contribution in [-0.2, 0) is 9.53 Å². The van der Waals surface area contributed by atoms with Crippen LogP contribution in [0.5, 0.6) is 5.75 Å². The fourth-order valence-corrected chi connectivity index (χ4v) is 2.05. The van der Waals surface area contributed by atoms with Gasteiger partial charge in [-0.2, -0.15) is 5.26 Å². The Morgan fingerprint density at radius 1 is 1.19 bits per heavy atom. The lowest BCUT2D eigenvalue weighted by Crippen LogP contribution is -2.30. The smallest absolute Gasteiger partial charge is 0.340 e. The van der Waals surface area contributed by atoms with Gasteiger partial charge in [-0.1, -0.05) is 12.1 Å². The van der Waals surface area contributed by atoms with Crippen LogP contribution in [0.4, 0.5) is 14.5 Å². The van der Waals surface area contributed by atoms with Gasteiger partial charge >= 0.3 is 5.97 Å². The van der Waals surface area contributed by atoms with Gasteiger partial charge in [0.2, 0.25) is 0 Å². The molecule has 0 aromatic heterocycles. The summed E-state index contributed by atoms with van der Waals surface area (Å²) in [6, 6.07) is 9.52. The topological polar surface area (TPSA) is 88.4 Å². The van der Waals surface area contributed by atoms with Crippen molar-refractivity contribution in [1.82, 2.24) is 0 Å². The number of carbonyl (C=O) groups excluding carboxylic acids is 2. The first-order chi connectivity index (χ1) is 12.4. The van der Waals surface area contributed by atoms with E-state index in [9.17, 15) is 18.4 Å². The highest BCUT2D eigenvalue weighted by Crippen LogP contribution is 2.22. The van der Waals surface area contributed by atoms with Crippen LogP contribution in [0.25, 0.3) is 0 Å². The SMILES string of the molecule is COC(=O)c1cc(NC(=O)C(C)Oc2ccccc2C#N)c(F)cc1F. The molecule has 0 saturated heterocycles. The van der Waals surface area contributed by atoms with E-state index in [1.807, 2.05) is 6.07 Å². The summed E-state index contributed by atoms with van der Waals surface area (Å²) in [4.78, 5) is 23.7. The molecule has 0 saturated carbocycles. The van der Waals surface area contributed by atoms with Crippen molar-refractivity contribution in [1.29, 1.82) is 5.26 Å². The molecule has 1 N–H and O–H groups in total. The number of ether oxygens (including phenoxy) is 2. The van der Waals surface area contributed by atoms with Gasteiger partial charge in [0.25, 0.3) is 5.91 Å². The zero-order valence-corrected chi connectivity index (χ0v) is 13.9. The standard InChI is InChI=1S/C18H14F2N2O4/c1-10(26-16-6-4-3-5-11(16)9-21)17(23)22-15-7-12(18(24)25-2)13(19)8-14(15)20/h3-8,10H,1-2H3,(H,22,23). The van der Waals surface area contributed by atoms with E-state index in [2.05, 4.69) is 10.1 Å². The van der Waals surface area contributed by atoms with E-state index in [4.69, 9.17) is 10.00 Å². The Balaban J connectivity index is 2.19. The van der Waals surface area contributed by atoms with Crippen molar-refractivity contribution in [2.45, 2.75) is 13.0 Å². The quantitative estimate of drug-likeness (QED) is 0.828. The summed E-state index contributed by atoms with van der Waals surface area (Å²) < 4.78 is 37.3. The van der Waals surface area contributed by atoms with Gasteiger partial charge < -0.3 is 14.8 Å². The fraction of sp³-hybridized carbons (Fsp3) is 0.167. The molecule has 0 bridgehead atoms. The number of rotatable bonds is 5. The Morgan fingerprint density at radius 3 is 2.54 bits per heavy atom. The average molecular weight is 360 g/mol. The lowest BCUT2D eigenvalue weighted by Gasteiger charge is -2.16. The predicted octanol–water partition coefficient (Wildman–Crippen LogP) is 3.03. The highest BCUT2D eigenvalue weighted by molar-refractivity contribution is 5.96. The van der Waals surface area contributed by atoms with Gasteiger partial charge in [0.05, 0.1) is 23.9 Å². The second kappa shape index (κ2) is 8.07. The van der Waals surface area contributed by atoms with Crippen LogP contribution in [-0.4, -0.2) is 25.1 Å². The second-order valence-electron chi connectivity index (χ2n) is 5.16. The van der Waals surface area contributed by atoms with Gasteiger partial charge in [-0.25, -0.2) is 13.6 Å². The molecule has 2 aromatic rings. The van der Waals surface area contributed by atoms with Crippen LogP contribution in [0.1, 0.15) is 22.8 Å². The molecule has 1 amide bonds. The van der Waals surface area contributed by atoms with Crippen LogP contribution in [0, 0.1) is 23.0 Å². The Bertz CT molecular complexity index is 893. The van der Waals surface area contributed by atoms with Crippen LogP contribution in [0.15, 0.2) is 36.4 Å². The summed E-state index contributed by atoms with van der Waals surface area (Å²) in [5, 5.41) is 11.2. The number of nitrogens with zero attached hydrogens (tertiary/aromatic N) is 1. The summed E-state index contributed by atoms with van der Waals surface area (Å²) in [6.45, 7) is 1.39. The summed E-state index contributed by atoms with van der Waals surface area (Å²) >= 11 is 0. The molecule has 6 nitrogen and oxygen atoms in total. The molecule has 2 rings (SSSR count). The third-order valence-corrected chi connectivity index (χ3v) is 3.40. The second-order valence-corrected chi connectivity index (χ2v) is 5.16. The molecule has 0 radical (unpaired) electrons. The van der Waals surface area contributed by atoms with Gasteiger partial charge in [0, 0.05) is 6.07 Å². The average Bonchev–Trinajstić information content (AvgIpc) is 2.63. The molecule has 1 unspecified atom stereocenters. The van der Waals surface area contributed by atoms with Crippen LogP contribution >= 0.6 is 0 Å². The van der Waals surface area contributed by atoms with E-state index in [-0.39, 0.29) is 11.3 Å². The molecule has 0 heterocycles. The van der Waals surface area contributed by atoms with E-state index >= 15 is 0 Å². The zero-order valence-electron chi connectivity index (χ0n) is 13.9. The number of halogens is 2. The maximum absolute atomic E-state index is 13.9. The van der Waals surface area contributed by atoms with Gasteiger partial charge in [0.15, 0.2) is 6.10 Å². The summed E-state index contributed by atoms with van der Waals surface area (Å²) in [5.74, 6) is -3.75. The molecular formula is C18H14F2N2O4. The Labute approximate surface area is 148 Å². The summed E-state index contributed by atoms with van der Waals surface area (Å²) in [5.41, 5.74) is -0.693. The van der Waals surface area contributed by atoms with Gasteiger partial charge in [0.1, 0.15) is 23.5 Å². The maximum atomic E-state index is 13.9. The zero-order chi connectivity index (χ0) is 19.3. The van der Waals surface area contributed by atoms with E-state index in [1.54, 1.807) is 12.1 Å². The number of esters is 1. The number of anilines is 1. The van der Waals surface area contributed by atoms with Crippen LogP contribution in [0.3, 0.4) is 0 Å². The number of para-hydroxylation sites is 1. The number of hydrogen-bond donors (Lipinski definition) is 1. The first-order valence-corrected chi connectivity index (χ1v) is 7.41. The minimum absolute atomic E-state index is 0.187. The Kier molecular flexibility index (Phi) is 5.86. The Morgan fingerprint density at radius 2 is 1.88 bits per heavy atom. The molecule has 2 aromatic carbocycles. The van der Waals surface area contributed by atoms with E-state index in [0.717, 1.165) is 13.2 Å². The van der Waals surface area contributed by atoms with E-state index < -0.39 is 40.9 Å². The summed E-state index contributed by atoms with van der Waals surface area (Å²) in [6.07, 6.45) is -1.09. The first kappa shape index (κ1) is 18.9. The van der Waals surface area contributed by atoms with E-state index in [0.29, 0.717) is 6.07 Å². The highest BCUT2D eigenvalue weighted by atomic mass is 19.1. The van der Waals surface area contributed by atoms with Crippen molar-refractivity contribution < 1.29 is 27.8 Å². The Hall–Kier alpha value is -3.47. The molecule has 0 fully saturated rings. The summed E-state index contributed by atoms with van der Waals surface area (Å²) in [7, 11) is 1.05. The minimum Gasteiger partial charge on any atom is -0.480 e.